The van der Waals surface area contributed by atoms with Crippen LogP contribution in [0.5, 0.6) is 5.75 Å². The second-order valence-electron chi connectivity index (χ2n) is 8.96. The fraction of sp³-hybridized carbons (Fsp3) is 0.667. The third-order valence-electron chi connectivity index (χ3n) is 6.55. The SMILES string of the molecule is N#CCCCC(=O)N[C@H]1CC[C@H](CCN2CCN(c3cccc(OC(F)(F)F)c3)CC2)CC1. The average Bonchev–Trinajstić information content (AvgIpc) is 2.78. The Morgan fingerprint density at radius 3 is 2.55 bits per heavy atom. The van der Waals surface area contributed by atoms with E-state index in [2.05, 4.69) is 25.9 Å². The van der Waals surface area contributed by atoms with Gasteiger partial charge in [0.2, 0.25) is 5.91 Å². The maximum absolute atomic E-state index is 12.5. The molecule has 1 aliphatic carbocycles. The van der Waals surface area contributed by atoms with Crippen LogP contribution < -0.4 is 15.0 Å². The third-order valence-corrected chi connectivity index (χ3v) is 6.55. The van der Waals surface area contributed by atoms with Gasteiger partial charge in [0.1, 0.15) is 5.75 Å². The van der Waals surface area contributed by atoms with E-state index in [1.165, 1.54) is 12.1 Å². The summed E-state index contributed by atoms with van der Waals surface area (Å²) in [4.78, 5) is 16.4. The summed E-state index contributed by atoms with van der Waals surface area (Å²) >= 11 is 0. The number of halogens is 3. The number of rotatable bonds is 9. The van der Waals surface area contributed by atoms with Crippen molar-refractivity contribution in [1.29, 1.82) is 5.26 Å². The number of hydrogen-bond acceptors (Lipinski definition) is 5. The number of carbonyl (C=O) groups excluding carboxylic acids is 1. The fourth-order valence-electron chi connectivity index (χ4n) is 4.70. The first-order valence-corrected chi connectivity index (χ1v) is 11.8. The molecule has 0 bridgehead atoms. The van der Waals surface area contributed by atoms with Gasteiger partial charge in [0.05, 0.1) is 6.07 Å². The molecule has 1 N–H and O–H groups in total. The summed E-state index contributed by atoms with van der Waals surface area (Å²) < 4.78 is 41.4. The molecular formula is C24H33F3N4O2. The molecule has 2 fully saturated rings. The fourth-order valence-corrected chi connectivity index (χ4v) is 4.70. The smallest absolute Gasteiger partial charge is 0.406 e. The molecule has 0 aromatic heterocycles. The van der Waals surface area contributed by atoms with E-state index < -0.39 is 6.36 Å². The Hall–Kier alpha value is -2.47. The topological polar surface area (TPSA) is 68.6 Å². The molecule has 33 heavy (non-hydrogen) atoms. The summed E-state index contributed by atoms with van der Waals surface area (Å²) in [7, 11) is 0. The van der Waals surface area contributed by atoms with Gasteiger partial charge in [-0.2, -0.15) is 5.26 Å². The van der Waals surface area contributed by atoms with E-state index in [1.54, 1.807) is 6.07 Å². The molecule has 3 rings (SSSR count). The lowest BCUT2D eigenvalue weighted by Crippen LogP contribution is -2.47. The van der Waals surface area contributed by atoms with E-state index in [-0.39, 0.29) is 17.7 Å². The van der Waals surface area contributed by atoms with Crippen LogP contribution in [0.3, 0.4) is 0 Å². The Morgan fingerprint density at radius 2 is 1.88 bits per heavy atom. The summed E-state index contributed by atoms with van der Waals surface area (Å²) in [5.41, 5.74) is 0.754. The number of alkyl halides is 3. The normalized spacial score (nSPS) is 21.9. The molecule has 1 aliphatic heterocycles. The van der Waals surface area contributed by atoms with Crippen LogP contribution in [0.2, 0.25) is 0 Å². The van der Waals surface area contributed by atoms with E-state index >= 15 is 0 Å². The maximum Gasteiger partial charge on any atom is 0.573 e. The van der Waals surface area contributed by atoms with Gasteiger partial charge in [-0.3, -0.25) is 9.69 Å². The van der Waals surface area contributed by atoms with Crippen molar-refractivity contribution in [3.63, 3.8) is 0 Å². The van der Waals surface area contributed by atoms with Crippen LogP contribution in [0.4, 0.5) is 18.9 Å². The number of unbranched alkanes of at least 4 members (excludes halogenated alkanes) is 1. The molecule has 1 amide bonds. The van der Waals surface area contributed by atoms with Gasteiger partial charge in [-0.25, -0.2) is 0 Å². The molecule has 6 nitrogen and oxygen atoms in total. The van der Waals surface area contributed by atoms with Gasteiger partial charge >= 0.3 is 6.36 Å². The van der Waals surface area contributed by atoms with Crippen LogP contribution in [0.15, 0.2) is 24.3 Å². The van der Waals surface area contributed by atoms with E-state index in [9.17, 15) is 18.0 Å². The minimum atomic E-state index is -4.68. The molecule has 182 valence electrons. The quantitative estimate of drug-likeness (QED) is 0.544. The highest BCUT2D eigenvalue weighted by atomic mass is 19.4. The molecule has 1 saturated carbocycles. The van der Waals surface area contributed by atoms with E-state index in [0.29, 0.717) is 25.2 Å². The molecule has 1 heterocycles. The molecule has 1 saturated heterocycles. The molecule has 9 heteroatoms. The second kappa shape index (κ2) is 12.1. The molecular weight excluding hydrogens is 433 g/mol. The first-order chi connectivity index (χ1) is 15.8. The van der Waals surface area contributed by atoms with Crippen molar-refractivity contribution in [3.8, 4) is 11.8 Å². The number of anilines is 1. The van der Waals surface area contributed by atoms with Crippen LogP contribution in [0.1, 0.15) is 51.4 Å². The Bertz CT molecular complexity index is 796. The van der Waals surface area contributed by atoms with Crippen molar-refractivity contribution < 1.29 is 22.7 Å². The van der Waals surface area contributed by atoms with Crippen molar-refractivity contribution in [2.24, 2.45) is 5.92 Å². The number of amides is 1. The first kappa shape index (κ1) is 25.2. The highest BCUT2D eigenvalue weighted by molar-refractivity contribution is 5.76. The molecule has 0 atom stereocenters. The molecule has 2 aliphatic rings. The van der Waals surface area contributed by atoms with Crippen molar-refractivity contribution in [1.82, 2.24) is 10.2 Å². The molecule has 0 unspecified atom stereocenters. The van der Waals surface area contributed by atoms with Gasteiger partial charge in [0.25, 0.3) is 0 Å². The van der Waals surface area contributed by atoms with Gasteiger partial charge < -0.3 is 15.0 Å². The van der Waals surface area contributed by atoms with Crippen LogP contribution in [0.25, 0.3) is 0 Å². The predicted octanol–water partition coefficient (Wildman–Crippen LogP) is 4.47. The Labute approximate surface area is 193 Å². The number of piperazine rings is 1. The van der Waals surface area contributed by atoms with E-state index in [0.717, 1.165) is 70.5 Å². The summed E-state index contributed by atoms with van der Waals surface area (Å²) in [6.45, 7) is 4.36. The van der Waals surface area contributed by atoms with Gasteiger partial charge in [0.15, 0.2) is 0 Å². The predicted molar refractivity (Wildman–Crippen MR) is 120 cm³/mol. The minimum absolute atomic E-state index is 0.0575. The minimum Gasteiger partial charge on any atom is -0.406 e. The number of ether oxygens (including phenoxy) is 1. The van der Waals surface area contributed by atoms with E-state index in [4.69, 9.17) is 5.26 Å². The summed E-state index contributed by atoms with van der Waals surface area (Å²) in [5, 5.41) is 11.7. The van der Waals surface area contributed by atoms with Crippen LogP contribution in [-0.4, -0.2) is 55.9 Å². The summed E-state index contributed by atoms with van der Waals surface area (Å²) in [6.07, 6.45) is 2.20. The molecule has 1 aromatic rings. The van der Waals surface area contributed by atoms with Crippen LogP contribution in [0, 0.1) is 17.2 Å². The van der Waals surface area contributed by atoms with Crippen molar-refractivity contribution in [3.05, 3.63) is 24.3 Å². The summed E-state index contributed by atoms with van der Waals surface area (Å²) in [5.74, 6) is 0.546. The van der Waals surface area contributed by atoms with Crippen molar-refractivity contribution in [2.75, 3.05) is 37.6 Å². The van der Waals surface area contributed by atoms with Gasteiger partial charge in [-0.1, -0.05) is 6.07 Å². The Kier molecular flexibility index (Phi) is 9.24. The highest BCUT2D eigenvalue weighted by Crippen LogP contribution is 2.29. The monoisotopic (exact) mass is 466 g/mol. The molecule has 0 spiro atoms. The molecule has 1 aromatic carbocycles. The average molecular weight is 467 g/mol. The zero-order chi connectivity index (χ0) is 23.7. The number of nitrogens with one attached hydrogen (secondary N) is 1. The van der Waals surface area contributed by atoms with E-state index in [1.807, 2.05) is 6.07 Å². The second-order valence-corrected chi connectivity index (χ2v) is 8.96. The highest BCUT2D eigenvalue weighted by Gasteiger charge is 2.31. The standard InChI is InChI=1S/C24H33F3N4O2/c25-24(26,27)33-22-5-3-4-21(18-22)31-16-14-30(15-17-31)13-11-19-7-9-20(10-8-19)29-23(32)6-1-2-12-28/h3-5,18-20H,1-2,6-11,13-17H2,(H,29,32)/t19-,20-. The zero-order valence-corrected chi connectivity index (χ0v) is 18.9. The third kappa shape index (κ3) is 8.77. The first-order valence-electron chi connectivity index (χ1n) is 11.8. The van der Waals surface area contributed by atoms with Crippen LogP contribution in [-0.2, 0) is 4.79 Å². The number of hydrogen-bond donors (Lipinski definition) is 1. The number of benzene rings is 1. The van der Waals surface area contributed by atoms with Gasteiger partial charge in [0, 0.05) is 56.8 Å². The largest absolute Gasteiger partial charge is 0.573 e. The lowest BCUT2D eigenvalue weighted by atomic mass is 9.84. The lowest BCUT2D eigenvalue weighted by molar-refractivity contribution is -0.274. The maximum atomic E-state index is 12.5. The number of nitriles is 1. The van der Waals surface area contributed by atoms with Crippen molar-refractivity contribution >= 4 is 11.6 Å². The number of carbonyl (C=O) groups is 1. The van der Waals surface area contributed by atoms with Crippen LogP contribution >= 0.6 is 0 Å². The van der Waals surface area contributed by atoms with Crippen molar-refractivity contribution in [2.45, 2.75) is 63.8 Å². The Morgan fingerprint density at radius 1 is 1.15 bits per heavy atom. The molecule has 0 radical (unpaired) electrons. The van der Waals surface area contributed by atoms with Gasteiger partial charge in [-0.05, 0) is 63.1 Å². The zero-order valence-electron chi connectivity index (χ0n) is 18.9. The summed E-state index contributed by atoms with van der Waals surface area (Å²) in [6, 6.07) is 8.51. The van der Waals surface area contributed by atoms with Gasteiger partial charge in [-0.15, -0.1) is 13.2 Å². The number of nitrogens with zero attached hydrogens (tertiary/aromatic N) is 3. The Balaban J connectivity index is 1.33. The lowest BCUT2D eigenvalue weighted by Gasteiger charge is -2.37.